The monoisotopic (exact) mass is 506 g/mol. The lowest BCUT2D eigenvalue weighted by Crippen LogP contribution is -2.50. The molecule has 9 nitrogen and oxygen atoms in total. The fourth-order valence-corrected chi connectivity index (χ4v) is 5.64. The molecule has 1 spiro atoms. The van der Waals surface area contributed by atoms with Gasteiger partial charge in [-0.25, -0.2) is 9.97 Å². The molecule has 0 unspecified atom stereocenters. The number of piperidine rings is 1. The molecule has 0 bridgehead atoms. The minimum atomic E-state index is 0. The molecule has 34 heavy (non-hydrogen) atoms. The average Bonchev–Trinajstić information content (AvgIpc) is 3.35. The summed E-state index contributed by atoms with van der Waals surface area (Å²) in [6.07, 6.45) is 6.07. The number of aromatic amines is 1. The van der Waals surface area contributed by atoms with Crippen LogP contribution < -0.4 is 15.5 Å². The van der Waals surface area contributed by atoms with Crippen molar-refractivity contribution >= 4 is 53.3 Å². The van der Waals surface area contributed by atoms with Crippen LogP contribution >= 0.6 is 24.8 Å². The average molecular weight is 507 g/mol. The van der Waals surface area contributed by atoms with Crippen LogP contribution in [0.4, 0.5) is 17.3 Å². The summed E-state index contributed by atoms with van der Waals surface area (Å²) in [6.45, 7) is 7.62. The fourth-order valence-electron chi connectivity index (χ4n) is 5.64. The molecule has 0 aliphatic carbocycles. The molecule has 0 amide bonds. The number of nitrogens with two attached hydrogens (primary N) is 1. The van der Waals surface area contributed by atoms with Crippen LogP contribution in [-0.4, -0.2) is 63.5 Å². The van der Waals surface area contributed by atoms with Gasteiger partial charge in [0.2, 0.25) is 0 Å². The van der Waals surface area contributed by atoms with Crippen molar-refractivity contribution < 1.29 is 4.74 Å². The molecule has 0 saturated carbocycles. The number of halogens is 2. The minimum Gasteiger partial charge on any atom is -0.376 e. The fraction of sp³-hybridized carbons (Fsp3) is 0.565. The number of nitrogens with one attached hydrogen (secondary N) is 1. The van der Waals surface area contributed by atoms with Gasteiger partial charge in [-0.3, -0.25) is 10.1 Å². The first kappa shape index (κ1) is 24.9. The molecule has 6 rings (SSSR count). The molecule has 11 heteroatoms. The van der Waals surface area contributed by atoms with Crippen LogP contribution in [0.25, 0.3) is 11.2 Å². The number of nitrogens with zero attached hydrogens (tertiary/aromatic N) is 6. The van der Waals surface area contributed by atoms with Gasteiger partial charge in [-0.1, -0.05) is 0 Å². The van der Waals surface area contributed by atoms with Gasteiger partial charge in [0.25, 0.3) is 0 Å². The summed E-state index contributed by atoms with van der Waals surface area (Å²) in [6, 6.07) is 4.20. The van der Waals surface area contributed by atoms with E-state index in [2.05, 4.69) is 38.0 Å². The predicted molar refractivity (Wildman–Crippen MR) is 138 cm³/mol. The Balaban J connectivity index is 0.00000137. The smallest absolute Gasteiger partial charge is 0.183 e. The number of ether oxygens (including phenoxy) is 1. The number of aromatic nitrogens is 5. The van der Waals surface area contributed by atoms with Crippen molar-refractivity contribution in [3.05, 3.63) is 29.7 Å². The molecule has 3 aliphatic heterocycles. The van der Waals surface area contributed by atoms with E-state index in [1.807, 2.05) is 19.2 Å². The summed E-state index contributed by atoms with van der Waals surface area (Å²) < 4.78 is 5.87. The minimum absolute atomic E-state index is 0. The van der Waals surface area contributed by atoms with Crippen LogP contribution in [0.15, 0.2) is 18.3 Å². The van der Waals surface area contributed by atoms with Gasteiger partial charge in [0.05, 0.1) is 29.8 Å². The number of hydrogen-bond donors (Lipinski definition) is 2. The Morgan fingerprint density at radius 3 is 2.68 bits per heavy atom. The van der Waals surface area contributed by atoms with Crippen molar-refractivity contribution in [3.8, 4) is 0 Å². The van der Waals surface area contributed by atoms with Crippen molar-refractivity contribution in [3.63, 3.8) is 0 Å². The van der Waals surface area contributed by atoms with Gasteiger partial charge in [0.15, 0.2) is 22.8 Å². The molecule has 184 valence electrons. The van der Waals surface area contributed by atoms with E-state index in [4.69, 9.17) is 20.4 Å². The van der Waals surface area contributed by atoms with Crippen molar-refractivity contribution in [2.45, 2.75) is 51.7 Å². The first-order chi connectivity index (χ1) is 15.6. The first-order valence-electron chi connectivity index (χ1n) is 11.6. The number of fused-ring (bicyclic) bond motifs is 2. The predicted octanol–water partition coefficient (Wildman–Crippen LogP) is 3.32. The molecule has 2 fully saturated rings. The summed E-state index contributed by atoms with van der Waals surface area (Å²) in [7, 11) is 0. The maximum atomic E-state index is 6.49. The van der Waals surface area contributed by atoms with Crippen LogP contribution in [0.2, 0.25) is 0 Å². The van der Waals surface area contributed by atoms with Crippen LogP contribution in [0.5, 0.6) is 0 Å². The molecule has 3 N–H and O–H groups in total. The molecular formula is C23H32Cl2N8O. The Morgan fingerprint density at radius 2 is 1.94 bits per heavy atom. The van der Waals surface area contributed by atoms with Crippen molar-refractivity contribution in [2.75, 3.05) is 36.0 Å². The van der Waals surface area contributed by atoms with Gasteiger partial charge in [0.1, 0.15) is 0 Å². The van der Waals surface area contributed by atoms with Gasteiger partial charge in [-0.2, -0.15) is 5.10 Å². The Kier molecular flexibility index (Phi) is 6.92. The second-order valence-corrected chi connectivity index (χ2v) is 9.49. The van der Waals surface area contributed by atoms with Crippen LogP contribution in [0.1, 0.15) is 37.6 Å². The summed E-state index contributed by atoms with van der Waals surface area (Å²) in [5.74, 6) is 1.76. The summed E-state index contributed by atoms with van der Waals surface area (Å²) >= 11 is 0. The van der Waals surface area contributed by atoms with Crippen molar-refractivity contribution in [1.82, 2.24) is 25.1 Å². The molecular weight excluding hydrogens is 475 g/mol. The van der Waals surface area contributed by atoms with E-state index in [0.717, 1.165) is 91.8 Å². The third-order valence-electron chi connectivity index (χ3n) is 7.64. The third kappa shape index (κ3) is 3.88. The first-order valence-corrected chi connectivity index (χ1v) is 11.6. The maximum absolute atomic E-state index is 6.49. The quantitative estimate of drug-likeness (QED) is 0.544. The zero-order chi connectivity index (χ0) is 21.9. The molecule has 6 heterocycles. The number of hydrogen-bond acceptors (Lipinski definition) is 8. The highest BCUT2D eigenvalue weighted by Gasteiger charge is 2.47. The molecule has 3 aromatic rings. The van der Waals surface area contributed by atoms with Crippen LogP contribution in [0, 0.1) is 12.3 Å². The van der Waals surface area contributed by atoms with Crippen LogP contribution in [0.3, 0.4) is 0 Å². The summed E-state index contributed by atoms with van der Waals surface area (Å²) in [5.41, 5.74) is 11.3. The Bertz CT molecular complexity index is 1160. The number of H-pyrrole nitrogens is 1. The van der Waals surface area contributed by atoms with E-state index in [9.17, 15) is 0 Å². The third-order valence-corrected chi connectivity index (χ3v) is 7.64. The molecule has 3 aromatic heterocycles. The van der Waals surface area contributed by atoms with Crippen molar-refractivity contribution in [2.24, 2.45) is 11.1 Å². The molecule has 2 saturated heterocycles. The molecule has 2 atom stereocenters. The highest BCUT2D eigenvalue weighted by Crippen LogP contribution is 2.42. The van der Waals surface area contributed by atoms with E-state index < -0.39 is 0 Å². The zero-order valence-corrected chi connectivity index (χ0v) is 21.2. The SMILES string of the molecule is Cc1nc2c(N3CCCc4ncccc43)n[nH]c2nc1N1CCC2(CC1)CO[C@@H](C)[C@H]2N.Cl.Cl. The maximum Gasteiger partial charge on any atom is 0.183 e. The largest absolute Gasteiger partial charge is 0.376 e. The molecule has 0 radical (unpaired) electrons. The topological polar surface area (TPSA) is 109 Å². The summed E-state index contributed by atoms with van der Waals surface area (Å²) in [5, 5.41) is 7.75. The molecule has 3 aliphatic rings. The Hall–Kier alpha value is -2.20. The highest BCUT2D eigenvalue weighted by molar-refractivity contribution is 5.88. The Morgan fingerprint density at radius 1 is 1.15 bits per heavy atom. The standard InChI is InChI=1S/C23H30N8O.2ClH/c1-14-21(30-11-7-23(8-12-30)13-32-15(2)19(23)24)27-20-18(26-14)22(29-28-20)31-10-4-5-16-17(31)6-3-9-25-16;;/h3,6,9,15,19H,4-5,7-8,10-13,24H2,1-2H3,(H,27,28,29);2*1H/t15-,19+;;/m0../s1. The van der Waals surface area contributed by atoms with Crippen molar-refractivity contribution in [1.29, 1.82) is 0 Å². The van der Waals surface area contributed by atoms with E-state index >= 15 is 0 Å². The lowest BCUT2D eigenvalue weighted by Gasteiger charge is -2.41. The van der Waals surface area contributed by atoms with Gasteiger partial charge < -0.3 is 20.3 Å². The second kappa shape index (κ2) is 9.45. The highest BCUT2D eigenvalue weighted by atomic mass is 35.5. The second-order valence-electron chi connectivity index (χ2n) is 9.49. The summed E-state index contributed by atoms with van der Waals surface area (Å²) in [4.78, 5) is 19.0. The van der Waals surface area contributed by atoms with Gasteiger partial charge in [0, 0.05) is 37.3 Å². The zero-order valence-electron chi connectivity index (χ0n) is 19.5. The van der Waals surface area contributed by atoms with Crippen LogP contribution in [-0.2, 0) is 11.2 Å². The lowest BCUT2D eigenvalue weighted by molar-refractivity contribution is 0.0974. The number of anilines is 3. The van der Waals surface area contributed by atoms with E-state index in [1.165, 1.54) is 0 Å². The number of rotatable bonds is 2. The Labute approximate surface area is 211 Å². The number of aryl methyl sites for hydroxylation is 2. The molecule has 0 aromatic carbocycles. The van der Waals surface area contributed by atoms with Gasteiger partial charge in [-0.15, -0.1) is 24.8 Å². The van der Waals surface area contributed by atoms with E-state index in [-0.39, 0.29) is 42.4 Å². The van der Waals surface area contributed by atoms with E-state index in [0.29, 0.717) is 0 Å². The normalized spacial score (nSPS) is 23.5. The number of pyridine rings is 1. The van der Waals surface area contributed by atoms with Gasteiger partial charge in [-0.05, 0) is 51.7 Å². The lowest BCUT2D eigenvalue weighted by atomic mass is 9.73. The van der Waals surface area contributed by atoms with E-state index in [1.54, 1.807) is 0 Å². The van der Waals surface area contributed by atoms with Gasteiger partial charge >= 0.3 is 0 Å².